The molecule has 0 N–H and O–H groups in total. The largest absolute Gasteiger partial charge is 0.231 e. The third-order valence-electron chi connectivity index (χ3n) is 4.95. The summed E-state index contributed by atoms with van der Waals surface area (Å²) in [6.45, 7) is 2.05. The first-order valence-corrected chi connectivity index (χ1v) is 11.1. The SMILES string of the molecule is Cc1c(-c2nnc(C3CC3)s2)nn(-c2ccc(Cl)cc2Cl)c1-c1ccc(Cl)cc1. The molecule has 0 bridgehead atoms. The van der Waals surface area contributed by atoms with Crippen LogP contribution in [0.15, 0.2) is 42.5 Å². The monoisotopic (exact) mass is 460 g/mol. The zero-order valence-electron chi connectivity index (χ0n) is 15.4. The van der Waals surface area contributed by atoms with Crippen molar-refractivity contribution in [2.75, 3.05) is 0 Å². The molecule has 0 atom stereocenters. The van der Waals surface area contributed by atoms with Crippen LogP contribution in [0.3, 0.4) is 0 Å². The average Bonchev–Trinajstić information content (AvgIpc) is 3.34. The molecular weight excluding hydrogens is 447 g/mol. The van der Waals surface area contributed by atoms with Crippen LogP contribution in [0, 0.1) is 6.92 Å². The van der Waals surface area contributed by atoms with Crippen LogP contribution in [0.1, 0.15) is 29.3 Å². The third-order valence-corrected chi connectivity index (χ3v) is 6.83. The first-order valence-electron chi connectivity index (χ1n) is 9.16. The number of halogens is 3. The maximum Gasteiger partial charge on any atom is 0.168 e. The van der Waals surface area contributed by atoms with E-state index in [0.717, 1.165) is 38.2 Å². The summed E-state index contributed by atoms with van der Waals surface area (Å²) in [6, 6.07) is 13.1. The Morgan fingerprint density at radius 1 is 0.966 bits per heavy atom. The van der Waals surface area contributed by atoms with Gasteiger partial charge in [-0.2, -0.15) is 5.10 Å². The molecule has 4 nitrogen and oxygen atoms in total. The van der Waals surface area contributed by atoms with Crippen molar-refractivity contribution in [1.82, 2.24) is 20.0 Å². The van der Waals surface area contributed by atoms with E-state index < -0.39 is 0 Å². The summed E-state index contributed by atoms with van der Waals surface area (Å²) < 4.78 is 1.85. The standard InChI is InChI=1S/C21H15Cl3N4S/c1-11-18(21-26-25-20(29-21)13-2-3-13)27-28(17-9-8-15(23)10-16(17)24)19(11)12-4-6-14(22)7-5-12/h4-10,13H,2-3H2,1H3. The highest BCUT2D eigenvalue weighted by Gasteiger charge is 2.29. The summed E-state index contributed by atoms with van der Waals surface area (Å²) in [5, 5.41) is 17.4. The molecule has 1 fully saturated rings. The lowest BCUT2D eigenvalue weighted by atomic mass is 10.1. The summed E-state index contributed by atoms with van der Waals surface area (Å²) in [6.07, 6.45) is 2.39. The van der Waals surface area contributed by atoms with E-state index in [9.17, 15) is 0 Å². The molecule has 0 unspecified atom stereocenters. The Morgan fingerprint density at radius 3 is 2.38 bits per heavy atom. The van der Waals surface area contributed by atoms with Crippen LogP contribution in [-0.4, -0.2) is 20.0 Å². The summed E-state index contributed by atoms with van der Waals surface area (Å²) >= 11 is 20.3. The van der Waals surface area contributed by atoms with Crippen molar-refractivity contribution in [1.29, 1.82) is 0 Å². The van der Waals surface area contributed by atoms with E-state index in [1.807, 2.05) is 41.9 Å². The highest BCUT2D eigenvalue weighted by atomic mass is 35.5. The zero-order chi connectivity index (χ0) is 20.1. The maximum atomic E-state index is 6.52. The summed E-state index contributed by atoms with van der Waals surface area (Å²) in [5.41, 5.74) is 4.50. The predicted molar refractivity (Wildman–Crippen MR) is 120 cm³/mol. The molecule has 1 aliphatic rings. The van der Waals surface area contributed by atoms with Gasteiger partial charge < -0.3 is 0 Å². The molecular formula is C21H15Cl3N4S. The molecule has 146 valence electrons. The van der Waals surface area contributed by atoms with Crippen LogP contribution in [0.4, 0.5) is 0 Å². The van der Waals surface area contributed by atoms with E-state index >= 15 is 0 Å². The zero-order valence-corrected chi connectivity index (χ0v) is 18.4. The Balaban J connectivity index is 1.72. The highest BCUT2D eigenvalue weighted by molar-refractivity contribution is 7.14. The minimum Gasteiger partial charge on any atom is -0.231 e. The third kappa shape index (κ3) is 3.57. The predicted octanol–water partition coefficient (Wildman–Crippen LogP) is 7.20. The molecule has 4 aromatic rings. The van der Waals surface area contributed by atoms with Crippen molar-refractivity contribution in [2.45, 2.75) is 25.7 Å². The number of benzene rings is 2. The van der Waals surface area contributed by atoms with Gasteiger partial charge in [0.1, 0.15) is 10.7 Å². The maximum absolute atomic E-state index is 6.52. The lowest BCUT2D eigenvalue weighted by Crippen LogP contribution is -2.00. The Kier molecular flexibility index (Phi) is 4.87. The molecule has 0 aliphatic heterocycles. The Hall–Kier alpha value is -1.92. The second kappa shape index (κ2) is 7.40. The molecule has 8 heteroatoms. The molecule has 2 aromatic heterocycles. The van der Waals surface area contributed by atoms with Gasteiger partial charge in [-0.1, -0.05) is 58.3 Å². The molecule has 1 saturated carbocycles. The van der Waals surface area contributed by atoms with Crippen molar-refractivity contribution in [3.63, 3.8) is 0 Å². The Morgan fingerprint density at radius 2 is 1.69 bits per heavy atom. The highest BCUT2D eigenvalue weighted by Crippen LogP contribution is 2.44. The molecule has 2 heterocycles. The summed E-state index contributed by atoms with van der Waals surface area (Å²) in [4.78, 5) is 0. The normalized spacial score (nSPS) is 13.8. The van der Waals surface area contributed by atoms with Gasteiger partial charge in [0.2, 0.25) is 0 Å². The minimum atomic E-state index is 0.526. The van der Waals surface area contributed by atoms with E-state index in [1.54, 1.807) is 23.5 Å². The van der Waals surface area contributed by atoms with E-state index in [4.69, 9.17) is 39.9 Å². The van der Waals surface area contributed by atoms with Crippen molar-refractivity contribution >= 4 is 46.1 Å². The van der Waals surface area contributed by atoms with Crippen molar-refractivity contribution < 1.29 is 0 Å². The Labute approximate surface area is 187 Å². The number of nitrogens with zero attached hydrogens (tertiary/aromatic N) is 4. The van der Waals surface area contributed by atoms with Crippen molar-refractivity contribution in [3.8, 4) is 27.6 Å². The molecule has 0 spiro atoms. The lowest BCUT2D eigenvalue weighted by molar-refractivity contribution is 0.888. The number of hydrogen-bond donors (Lipinski definition) is 0. The van der Waals surface area contributed by atoms with Gasteiger partial charge in [0.25, 0.3) is 0 Å². The molecule has 5 rings (SSSR count). The average molecular weight is 462 g/mol. The molecule has 0 saturated heterocycles. The van der Waals surface area contributed by atoms with Gasteiger partial charge in [0.05, 0.1) is 16.4 Å². The van der Waals surface area contributed by atoms with Gasteiger partial charge in [-0.15, -0.1) is 10.2 Å². The van der Waals surface area contributed by atoms with E-state index in [1.165, 1.54) is 12.8 Å². The second-order valence-electron chi connectivity index (χ2n) is 7.06. The molecule has 0 amide bonds. The van der Waals surface area contributed by atoms with Crippen LogP contribution in [0.25, 0.3) is 27.6 Å². The van der Waals surface area contributed by atoms with E-state index in [0.29, 0.717) is 21.0 Å². The summed E-state index contributed by atoms with van der Waals surface area (Å²) in [5.74, 6) is 0.560. The fourth-order valence-electron chi connectivity index (χ4n) is 3.30. The molecule has 1 aliphatic carbocycles. The van der Waals surface area contributed by atoms with Crippen LogP contribution in [0.2, 0.25) is 15.1 Å². The molecule has 0 radical (unpaired) electrons. The smallest absolute Gasteiger partial charge is 0.168 e. The van der Waals surface area contributed by atoms with Gasteiger partial charge in [0.15, 0.2) is 5.01 Å². The first kappa shape index (κ1) is 19.1. The number of hydrogen-bond acceptors (Lipinski definition) is 4. The fraction of sp³-hybridized carbons (Fsp3) is 0.190. The quantitative estimate of drug-likeness (QED) is 0.322. The van der Waals surface area contributed by atoms with Gasteiger partial charge in [0, 0.05) is 27.1 Å². The Bertz CT molecular complexity index is 1210. The van der Waals surface area contributed by atoms with Crippen LogP contribution < -0.4 is 0 Å². The minimum absolute atomic E-state index is 0.526. The lowest BCUT2D eigenvalue weighted by Gasteiger charge is -2.11. The fourth-order valence-corrected chi connectivity index (χ4v) is 4.97. The second-order valence-corrected chi connectivity index (χ2v) is 9.35. The number of aromatic nitrogens is 4. The van der Waals surface area contributed by atoms with Crippen molar-refractivity contribution in [3.05, 3.63) is 68.1 Å². The van der Waals surface area contributed by atoms with Gasteiger partial charge >= 0.3 is 0 Å². The van der Waals surface area contributed by atoms with Gasteiger partial charge in [-0.25, -0.2) is 4.68 Å². The van der Waals surface area contributed by atoms with Crippen LogP contribution in [-0.2, 0) is 0 Å². The topological polar surface area (TPSA) is 43.6 Å². The molecule has 29 heavy (non-hydrogen) atoms. The van der Waals surface area contributed by atoms with Crippen LogP contribution >= 0.6 is 46.1 Å². The van der Waals surface area contributed by atoms with Crippen molar-refractivity contribution in [2.24, 2.45) is 0 Å². The summed E-state index contributed by atoms with van der Waals surface area (Å²) in [7, 11) is 0. The first-order chi connectivity index (χ1) is 14.0. The molecule has 2 aromatic carbocycles. The van der Waals surface area contributed by atoms with Gasteiger partial charge in [-0.05, 0) is 50.1 Å². The van der Waals surface area contributed by atoms with E-state index in [-0.39, 0.29) is 0 Å². The van der Waals surface area contributed by atoms with Crippen LogP contribution in [0.5, 0.6) is 0 Å². The van der Waals surface area contributed by atoms with E-state index in [2.05, 4.69) is 10.2 Å². The van der Waals surface area contributed by atoms with Gasteiger partial charge in [-0.3, -0.25) is 0 Å². The number of rotatable bonds is 4.